The summed E-state index contributed by atoms with van der Waals surface area (Å²) < 4.78 is 16.9. The van der Waals surface area contributed by atoms with Gasteiger partial charge in [-0.25, -0.2) is 0 Å². The lowest BCUT2D eigenvalue weighted by Crippen LogP contribution is -2.13. The minimum Gasteiger partial charge on any atom is -0.497 e. The minimum absolute atomic E-state index is 0.0205. The zero-order valence-corrected chi connectivity index (χ0v) is 17.4. The molecular weight excluding hydrogens is 459 g/mol. The van der Waals surface area contributed by atoms with Crippen LogP contribution in [0.4, 0.5) is 5.69 Å². The highest BCUT2D eigenvalue weighted by atomic mass is 127. The normalized spacial score (nSPS) is 10.7. The van der Waals surface area contributed by atoms with E-state index in [1.165, 1.54) is 6.08 Å². The van der Waals surface area contributed by atoms with Gasteiger partial charge >= 0.3 is 0 Å². The van der Waals surface area contributed by atoms with Crippen LogP contribution in [-0.2, 0) is 4.79 Å². The quantitative estimate of drug-likeness (QED) is 0.366. The summed E-state index contributed by atoms with van der Waals surface area (Å²) in [5.74, 6) is 1.37. The van der Waals surface area contributed by atoms with E-state index in [1.807, 2.05) is 19.1 Å². The molecule has 2 rings (SSSR count). The Morgan fingerprint density at radius 1 is 1.22 bits per heavy atom. The van der Waals surface area contributed by atoms with Gasteiger partial charge in [0.05, 0.1) is 24.4 Å². The second-order valence-corrected chi connectivity index (χ2v) is 6.48. The fourth-order valence-electron chi connectivity index (χ4n) is 2.30. The Morgan fingerprint density at radius 2 is 1.93 bits per heavy atom. The Bertz CT molecular complexity index is 886. The van der Waals surface area contributed by atoms with Gasteiger partial charge in [-0.05, 0) is 77.6 Å². The van der Waals surface area contributed by atoms with Gasteiger partial charge in [-0.2, -0.15) is 5.26 Å². The highest BCUT2D eigenvalue weighted by Crippen LogP contribution is 2.34. The lowest BCUT2D eigenvalue weighted by molar-refractivity contribution is -0.112. The Labute approximate surface area is 171 Å². The number of halogens is 1. The number of nitriles is 1. The van der Waals surface area contributed by atoms with Gasteiger partial charge < -0.3 is 19.5 Å². The predicted molar refractivity (Wildman–Crippen MR) is 112 cm³/mol. The number of anilines is 1. The molecule has 2 aromatic carbocycles. The van der Waals surface area contributed by atoms with E-state index in [1.54, 1.807) is 44.6 Å². The second kappa shape index (κ2) is 9.83. The van der Waals surface area contributed by atoms with Gasteiger partial charge in [0.2, 0.25) is 0 Å². The van der Waals surface area contributed by atoms with Crippen molar-refractivity contribution in [3.63, 3.8) is 0 Å². The Morgan fingerprint density at radius 3 is 2.48 bits per heavy atom. The van der Waals surface area contributed by atoms with Crippen molar-refractivity contribution in [1.29, 1.82) is 5.26 Å². The molecule has 1 N–H and O–H groups in total. The molecule has 140 valence electrons. The van der Waals surface area contributed by atoms with Crippen LogP contribution in [0, 0.1) is 14.9 Å². The SMILES string of the molecule is CCOc1c(I)cc(/C=C(\C#N)C(=O)Nc2ccc(OC)cc2)cc1OC. The number of amides is 1. The fraction of sp³-hybridized carbons (Fsp3) is 0.200. The molecule has 0 spiro atoms. The van der Waals surface area contributed by atoms with Crippen molar-refractivity contribution >= 4 is 40.3 Å². The van der Waals surface area contributed by atoms with Crippen LogP contribution >= 0.6 is 22.6 Å². The number of nitrogens with zero attached hydrogens (tertiary/aromatic N) is 1. The molecule has 0 fully saturated rings. The summed E-state index contributed by atoms with van der Waals surface area (Å²) in [5.41, 5.74) is 1.22. The molecule has 0 atom stereocenters. The van der Waals surface area contributed by atoms with E-state index in [9.17, 15) is 10.1 Å². The number of hydrogen-bond acceptors (Lipinski definition) is 5. The third-order valence-corrected chi connectivity index (χ3v) is 4.37. The number of carbonyl (C=O) groups excluding carboxylic acids is 1. The first-order valence-corrected chi connectivity index (χ1v) is 9.17. The van der Waals surface area contributed by atoms with Gasteiger partial charge in [-0.3, -0.25) is 4.79 Å². The molecule has 0 unspecified atom stereocenters. The number of carbonyl (C=O) groups is 1. The Kier molecular flexibility index (Phi) is 7.49. The first-order valence-electron chi connectivity index (χ1n) is 8.09. The number of benzene rings is 2. The molecule has 0 radical (unpaired) electrons. The second-order valence-electron chi connectivity index (χ2n) is 5.32. The van der Waals surface area contributed by atoms with Crippen LogP contribution in [-0.4, -0.2) is 26.7 Å². The smallest absolute Gasteiger partial charge is 0.266 e. The van der Waals surface area contributed by atoms with Crippen molar-refractivity contribution in [2.45, 2.75) is 6.92 Å². The maximum atomic E-state index is 12.4. The maximum absolute atomic E-state index is 12.4. The molecule has 6 nitrogen and oxygen atoms in total. The molecule has 0 aliphatic heterocycles. The highest BCUT2D eigenvalue weighted by molar-refractivity contribution is 14.1. The lowest BCUT2D eigenvalue weighted by atomic mass is 10.1. The standard InChI is InChI=1S/C20H19IN2O4/c1-4-27-19-17(21)10-13(11-18(19)26-3)9-14(12-22)20(24)23-15-5-7-16(25-2)8-6-15/h5-11H,4H2,1-3H3,(H,23,24)/b14-9+. The van der Waals surface area contributed by atoms with Gasteiger partial charge in [-0.1, -0.05) is 0 Å². The summed E-state index contributed by atoms with van der Waals surface area (Å²) >= 11 is 2.13. The van der Waals surface area contributed by atoms with E-state index < -0.39 is 5.91 Å². The fourth-order valence-corrected chi connectivity index (χ4v) is 3.08. The first-order chi connectivity index (χ1) is 13.0. The third-order valence-electron chi connectivity index (χ3n) is 3.56. The van der Waals surface area contributed by atoms with Gasteiger partial charge in [-0.15, -0.1) is 0 Å². The zero-order chi connectivity index (χ0) is 19.8. The average Bonchev–Trinajstić information content (AvgIpc) is 2.68. The van der Waals surface area contributed by atoms with Crippen LogP contribution in [0.1, 0.15) is 12.5 Å². The predicted octanol–water partition coefficient (Wildman–Crippen LogP) is 4.25. The largest absolute Gasteiger partial charge is 0.497 e. The van der Waals surface area contributed by atoms with Crippen molar-refractivity contribution in [2.75, 3.05) is 26.1 Å². The van der Waals surface area contributed by atoms with Crippen molar-refractivity contribution in [2.24, 2.45) is 0 Å². The molecule has 0 aromatic heterocycles. The van der Waals surface area contributed by atoms with Crippen molar-refractivity contribution < 1.29 is 19.0 Å². The van der Waals surface area contributed by atoms with Gasteiger partial charge in [0, 0.05) is 5.69 Å². The van der Waals surface area contributed by atoms with Crippen molar-refractivity contribution in [1.82, 2.24) is 0 Å². The summed E-state index contributed by atoms with van der Waals surface area (Å²) in [7, 11) is 3.11. The van der Waals surface area contributed by atoms with E-state index in [0.29, 0.717) is 35.1 Å². The first kappa shape index (κ1) is 20.6. The van der Waals surface area contributed by atoms with Gasteiger partial charge in [0.1, 0.15) is 17.4 Å². The van der Waals surface area contributed by atoms with E-state index in [-0.39, 0.29) is 5.57 Å². The number of nitrogens with one attached hydrogen (secondary N) is 1. The molecule has 0 aliphatic rings. The van der Waals surface area contributed by atoms with Crippen molar-refractivity contribution in [3.8, 4) is 23.3 Å². The molecule has 0 saturated heterocycles. The number of methoxy groups -OCH3 is 2. The maximum Gasteiger partial charge on any atom is 0.266 e. The molecule has 2 aromatic rings. The monoisotopic (exact) mass is 478 g/mol. The molecule has 1 amide bonds. The van der Waals surface area contributed by atoms with E-state index in [4.69, 9.17) is 14.2 Å². The average molecular weight is 478 g/mol. The zero-order valence-electron chi connectivity index (χ0n) is 15.2. The Balaban J connectivity index is 2.27. The van der Waals surface area contributed by atoms with Crippen LogP contribution in [0.15, 0.2) is 42.0 Å². The lowest BCUT2D eigenvalue weighted by Gasteiger charge is -2.12. The van der Waals surface area contributed by atoms with E-state index >= 15 is 0 Å². The molecule has 0 aliphatic carbocycles. The highest BCUT2D eigenvalue weighted by Gasteiger charge is 2.13. The summed E-state index contributed by atoms with van der Waals surface area (Å²) in [6.07, 6.45) is 1.51. The summed E-state index contributed by atoms with van der Waals surface area (Å²) in [6.45, 7) is 2.40. The summed E-state index contributed by atoms with van der Waals surface area (Å²) in [5, 5.41) is 12.1. The molecule has 0 bridgehead atoms. The third kappa shape index (κ3) is 5.37. The van der Waals surface area contributed by atoms with Crippen LogP contribution in [0.3, 0.4) is 0 Å². The van der Waals surface area contributed by atoms with Crippen LogP contribution in [0.25, 0.3) is 6.08 Å². The topological polar surface area (TPSA) is 80.6 Å². The van der Waals surface area contributed by atoms with E-state index in [0.717, 1.165) is 3.57 Å². The molecule has 27 heavy (non-hydrogen) atoms. The van der Waals surface area contributed by atoms with Crippen LogP contribution < -0.4 is 19.5 Å². The number of ether oxygens (including phenoxy) is 3. The number of rotatable bonds is 7. The summed E-state index contributed by atoms with van der Waals surface area (Å²) in [4.78, 5) is 12.4. The molecule has 0 saturated carbocycles. The molecule has 7 heteroatoms. The Hall–Kier alpha value is -2.73. The van der Waals surface area contributed by atoms with Gasteiger partial charge in [0.25, 0.3) is 5.91 Å². The minimum atomic E-state index is -0.495. The number of hydrogen-bond donors (Lipinski definition) is 1. The van der Waals surface area contributed by atoms with Crippen LogP contribution in [0.2, 0.25) is 0 Å². The van der Waals surface area contributed by atoms with E-state index in [2.05, 4.69) is 27.9 Å². The van der Waals surface area contributed by atoms with Crippen LogP contribution in [0.5, 0.6) is 17.2 Å². The summed E-state index contributed by atoms with van der Waals surface area (Å²) in [6, 6.07) is 12.4. The molecular formula is C20H19IN2O4. The molecule has 0 heterocycles. The van der Waals surface area contributed by atoms with Gasteiger partial charge in [0.15, 0.2) is 11.5 Å². The van der Waals surface area contributed by atoms with Crippen molar-refractivity contribution in [3.05, 3.63) is 51.1 Å².